The highest BCUT2D eigenvalue weighted by Gasteiger charge is 2.05. The Morgan fingerprint density at radius 2 is 1.75 bits per heavy atom. The lowest BCUT2D eigenvalue weighted by Crippen LogP contribution is -2.03. The Labute approximate surface area is 219 Å². The van der Waals surface area contributed by atoms with Crippen molar-refractivity contribution in [3.63, 3.8) is 0 Å². The first-order valence-electron chi connectivity index (χ1n) is 11.5. The van der Waals surface area contributed by atoms with Gasteiger partial charge in [-0.15, -0.1) is 22.7 Å². The molecule has 0 bridgehead atoms. The van der Waals surface area contributed by atoms with E-state index in [0.717, 1.165) is 50.2 Å². The minimum atomic E-state index is 0.00612. The van der Waals surface area contributed by atoms with Crippen molar-refractivity contribution in [2.45, 2.75) is 6.42 Å². The first-order valence-corrected chi connectivity index (χ1v) is 13.3. The largest absolute Gasteiger partial charge is 0.490 e. The lowest BCUT2D eigenvalue weighted by molar-refractivity contribution is 0.146. The summed E-state index contributed by atoms with van der Waals surface area (Å²) in [7, 11) is 1.67. The number of aromatic nitrogens is 2. The predicted octanol–water partition coefficient (Wildman–Crippen LogP) is 6.09. The van der Waals surface area contributed by atoms with Crippen molar-refractivity contribution in [1.82, 2.24) is 9.97 Å². The number of nitrogens with zero attached hydrogens (tertiary/aromatic N) is 2. The number of aliphatic hydroxyl groups is 1. The van der Waals surface area contributed by atoms with Crippen molar-refractivity contribution >= 4 is 40.9 Å². The van der Waals surface area contributed by atoms with Gasteiger partial charge in [0.1, 0.15) is 24.7 Å². The molecule has 6 nitrogen and oxygen atoms in total. The van der Waals surface area contributed by atoms with Gasteiger partial charge in [-0.25, -0.2) is 0 Å². The van der Waals surface area contributed by atoms with Crippen LogP contribution in [0, 0.1) is 0 Å². The summed E-state index contributed by atoms with van der Waals surface area (Å²) in [5.74, 6) is 1.65. The predicted molar refractivity (Wildman–Crippen MR) is 148 cm³/mol. The van der Waals surface area contributed by atoms with Crippen LogP contribution >= 0.6 is 22.7 Å². The third-order valence-corrected chi connectivity index (χ3v) is 6.83. The molecule has 36 heavy (non-hydrogen) atoms. The Kier molecular flexibility index (Phi) is 9.81. The fourth-order valence-electron chi connectivity index (χ4n) is 3.36. The van der Waals surface area contributed by atoms with E-state index in [-0.39, 0.29) is 6.61 Å². The van der Waals surface area contributed by atoms with Crippen LogP contribution < -0.4 is 9.47 Å². The second-order valence-corrected chi connectivity index (χ2v) is 9.60. The van der Waals surface area contributed by atoms with Gasteiger partial charge < -0.3 is 19.3 Å². The summed E-state index contributed by atoms with van der Waals surface area (Å²) in [5.41, 5.74) is 3.86. The van der Waals surface area contributed by atoms with Crippen LogP contribution in [0.15, 0.2) is 65.6 Å². The highest BCUT2D eigenvalue weighted by atomic mass is 32.1. The van der Waals surface area contributed by atoms with Crippen LogP contribution in [0.3, 0.4) is 0 Å². The van der Waals surface area contributed by atoms with Gasteiger partial charge in [-0.2, -0.15) is 0 Å². The van der Waals surface area contributed by atoms with Gasteiger partial charge >= 0.3 is 0 Å². The normalized spacial score (nSPS) is 11.5. The number of methoxy groups -OCH3 is 1. The Balaban J connectivity index is 1.40. The SMILES string of the molecule is COCCOc1ccsc1/C=C/Cc1ccnc(-c2cc(/C=C/c3cc(OCCO)cs3)ccn2)c1. The number of rotatable bonds is 13. The number of pyridine rings is 2. The van der Waals surface area contributed by atoms with E-state index in [1.54, 1.807) is 36.0 Å². The van der Waals surface area contributed by atoms with Crippen LogP contribution in [0.1, 0.15) is 20.9 Å². The minimum absolute atomic E-state index is 0.00612. The van der Waals surface area contributed by atoms with Crippen LogP contribution in [0.5, 0.6) is 11.5 Å². The quantitative estimate of drug-likeness (QED) is 0.215. The van der Waals surface area contributed by atoms with E-state index in [0.29, 0.717) is 19.8 Å². The van der Waals surface area contributed by atoms with E-state index in [1.165, 1.54) is 0 Å². The van der Waals surface area contributed by atoms with Crippen molar-refractivity contribution in [2.24, 2.45) is 0 Å². The second-order valence-electron chi connectivity index (χ2n) is 7.71. The molecule has 8 heteroatoms. The monoisotopic (exact) mass is 520 g/mol. The van der Waals surface area contributed by atoms with Crippen molar-refractivity contribution in [1.29, 1.82) is 0 Å². The van der Waals surface area contributed by atoms with Gasteiger partial charge in [0, 0.05) is 29.8 Å². The molecule has 0 aliphatic rings. The van der Waals surface area contributed by atoms with Gasteiger partial charge in [-0.3, -0.25) is 9.97 Å². The molecule has 1 N–H and O–H groups in total. The molecule has 0 aliphatic carbocycles. The molecule has 0 saturated heterocycles. The number of hydrogen-bond donors (Lipinski definition) is 1. The Morgan fingerprint density at radius 3 is 2.61 bits per heavy atom. The summed E-state index contributed by atoms with van der Waals surface area (Å²) in [4.78, 5) is 11.2. The van der Waals surface area contributed by atoms with Crippen LogP contribution in [0.4, 0.5) is 0 Å². The molecule has 4 aromatic rings. The van der Waals surface area contributed by atoms with Crippen LogP contribution in [-0.2, 0) is 11.2 Å². The van der Waals surface area contributed by atoms with E-state index in [4.69, 9.17) is 19.3 Å². The maximum atomic E-state index is 8.89. The van der Waals surface area contributed by atoms with Crippen molar-refractivity contribution in [3.8, 4) is 22.9 Å². The molecule has 0 spiro atoms. The van der Waals surface area contributed by atoms with Gasteiger partial charge in [-0.1, -0.05) is 12.2 Å². The first kappa shape index (κ1) is 25.8. The average Bonchev–Trinajstić information content (AvgIpc) is 3.56. The van der Waals surface area contributed by atoms with Gasteiger partial charge in [0.05, 0.1) is 29.5 Å². The van der Waals surface area contributed by atoms with Gasteiger partial charge in [0.25, 0.3) is 0 Å². The average molecular weight is 521 g/mol. The second kappa shape index (κ2) is 13.7. The summed E-state index contributed by atoms with van der Waals surface area (Å²) in [6.45, 7) is 1.41. The first-order chi connectivity index (χ1) is 17.7. The molecule has 4 rings (SSSR count). The molecule has 0 saturated carbocycles. The number of thiophene rings is 2. The van der Waals surface area contributed by atoms with Crippen molar-refractivity contribution < 1.29 is 19.3 Å². The van der Waals surface area contributed by atoms with E-state index in [9.17, 15) is 0 Å². The fraction of sp³-hybridized carbons (Fsp3) is 0.214. The fourth-order valence-corrected chi connectivity index (χ4v) is 4.83. The molecular formula is C28H28N2O4S2. The van der Waals surface area contributed by atoms with Crippen LogP contribution in [-0.4, -0.2) is 48.6 Å². The van der Waals surface area contributed by atoms with E-state index in [1.807, 2.05) is 59.4 Å². The molecular weight excluding hydrogens is 492 g/mol. The third kappa shape index (κ3) is 7.60. The molecule has 4 heterocycles. The Morgan fingerprint density at radius 1 is 0.889 bits per heavy atom. The van der Waals surface area contributed by atoms with Crippen molar-refractivity contribution in [3.05, 3.63) is 86.5 Å². The Hall–Kier alpha value is -3.30. The number of allylic oxidation sites excluding steroid dienone is 1. The standard InChI is InChI=1S/C28H28N2O4S2/c1-32-14-15-34-27-9-16-35-28(27)4-2-3-21-7-10-29-25(17-21)26-18-22(8-11-30-26)5-6-24-19-23(20-36-24)33-13-12-31/h2,4-11,16-20,31H,3,12-15H2,1H3/b4-2+,6-5+. The summed E-state index contributed by atoms with van der Waals surface area (Å²) in [6, 6.07) is 12.0. The summed E-state index contributed by atoms with van der Waals surface area (Å²) >= 11 is 3.25. The van der Waals surface area contributed by atoms with Crippen molar-refractivity contribution in [2.75, 3.05) is 33.5 Å². The molecule has 0 atom stereocenters. The Bertz CT molecular complexity index is 1300. The van der Waals surface area contributed by atoms with E-state index < -0.39 is 0 Å². The smallest absolute Gasteiger partial charge is 0.137 e. The van der Waals surface area contributed by atoms with E-state index in [2.05, 4.69) is 28.2 Å². The molecule has 0 amide bonds. The zero-order valence-corrected chi connectivity index (χ0v) is 21.6. The highest BCUT2D eigenvalue weighted by molar-refractivity contribution is 7.11. The van der Waals surface area contributed by atoms with Gasteiger partial charge in [0.2, 0.25) is 0 Å². The molecule has 0 aliphatic heterocycles. The van der Waals surface area contributed by atoms with E-state index >= 15 is 0 Å². The van der Waals surface area contributed by atoms with Gasteiger partial charge in [-0.05, 0) is 71.5 Å². The summed E-state index contributed by atoms with van der Waals surface area (Å²) < 4.78 is 16.3. The summed E-state index contributed by atoms with van der Waals surface area (Å²) in [6.07, 6.45) is 12.7. The van der Waals surface area contributed by atoms with Gasteiger partial charge in [0.15, 0.2) is 0 Å². The molecule has 4 aromatic heterocycles. The molecule has 0 radical (unpaired) electrons. The molecule has 0 aromatic carbocycles. The minimum Gasteiger partial charge on any atom is -0.490 e. The zero-order chi connectivity index (χ0) is 25.0. The summed E-state index contributed by atoms with van der Waals surface area (Å²) in [5, 5.41) is 12.9. The number of ether oxygens (including phenoxy) is 3. The molecule has 0 unspecified atom stereocenters. The molecule has 0 fully saturated rings. The third-order valence-electron chi connectivity index (χ3n) is 5.09. The maximum Gasteiger partial charge on any atom is 0.137 e. The number of aliphatic hydroxyl groups excluding tert-OH is 1. The maximum absolute atomic E-state index is 8.89. The topological polar surface area (TPSA) is 73.7 Å². The lowest BCUT2D eigenvalue weighted by Gasteiger charge is -2.05. The van der Waals surface area contributed by atoms with Crippen LogP contribution in [0.25, 0.3) is 29.6 Å². The lowest BCUT2D eigenvalue weighted by atomic mass is 10.1. The zero-order valence-electron chi connectivity index (χ0n) is 20.0. The van der Waals surface area contributed by atoms with Crippen LogP contribution in [0.2, 0.25) is 0 Å². The molecule has 186 valence electrons. The number of hydrogen-bond acceptors (Lipinski definition) is 8. The highest BCUT2D eigenvalue weighted by Crippen LogP contribution is 2.27.